The molecule has 2 N–H and O–H groups in total. The number of hydrogen-bond acceptors (Lipinski definition) is 5. The summed E-state index contributed by atoms with van der Waals surface area (Å²) in [5.41, 5.74) is 1.65. The molecule has 0 spiro atoms. The second kappa shape index (κ2) is 5.26. The van der Waals surface area contributed by atoms with E-state index in [1.165, 1.54) is 6.33 Å². The molecule has 2 heterocycles. The molecule has 3 aromatic rings. The summed E-state index contributed by atoms with van der Waals surface area (Å²) in [7, 11) is 1.82. The number of benzene rings is 1. The molecule has 0 fully saturated rings. The van der Waals surface area contributed by atoms with Crippen LogP contribution in [-0.4, -0.2) is 31.4 Å². The van der Waals surface area contributed by atoms with Crippen LogP contribution in [0, 0.1) is 0 Å². The summed E-state index contributed by atoms with van der Waals surface area (Å²) in [5.74, 6) is 0.721. The fraction of sp³-hybridized carbons (Fsp3) is 0.214. The second-order valence-electron chi connectivity index (χ2n) is 4.58. The first kappa shape index (κ1) is 12.6. The largest absolute Gasteiger partial charge is 0.386 e. The molecule has 0 bridgehead atoms. The first-order valence-electron chi connectivity index (χ1n) is 6.34. The number of aryl methyl sites for hydroxylation is 1. The van der Waals surface area contributed by atoms with Gasteiger partial charge in [0.05, 0.1) is 17.8 Å². The summed E-state index contributed by atoms with van der Waals surface area (Å²) >= 11 is 0. The van der Waals surface area contributed by atoms with Crippen molar-refractivity contribution >= 4 is 16.7 Å². The molecule has 102 valence electrons. The molecule has 0 radical (unpaired) electrons. The minimum Gasteiger partial charge on any atom is -0.386 e. The lowest BCUT2D eigenvalue weighted by atomic mass is 10.2. The third-order valence-corrected chi connectivity index (χ3v) is 3.12. The molecule has 6 nitrogen and oxygen atoms in total. The number of nitrogens with zero attached hydrogens (tertiary/aromatic N) is 4. The third-order valence-electron chi connectivity index (χ3n) is 3.12. The van der Waals surface area contributed by atoms with E-state index in [1.807, 2.05) is 31.3 Å². The van der Waals surface area contributed by atoms with E-state index in [4.69, 9.17) is 0 Å². The first-order chi connectivity index (χ1) is 9.74. The van der Waals surface area contributed by atoms with Gasteiger partial charge in [-0.1, -0.05) is 12.1 Å². The number of aliphatic hydroxyl groups is 1. The van der Waals surface area contributed by atoms with E-state index in [9.17, 15) is 5.11 Å². The molecule has 0 amide bonds. The summed E-state index contributed by atoms with van der Waals surface area (Å²) in [6.07, 6.45) is 4.34. The smallest absolute Gasteiger partial charge is 0.137 e. The van der Waals surface area contributed by atoms with Crippen molar-refractivity contribution in [3.63, 3.8) is 0 Å². The summed E-state index contributed by atoms with van der Waals surface area (Å²) in [6, 6.07) is 7.76. The lowest BCUT2D eigenvalue weighted by Crippen LogP contribution is -2.13. The topological polar surface area (TPSA) is 75.9 Å². The molecule has 3 rings (SSSR count). The maximum atomic E-state index is 10.1. The van der Waals surface area contributed by atoms with Crippen LogP contribution in [0.2, 0.25) is 0 Å². The average molecular weight is 269 g/mol. The Balaban J connectivity index is 1.77. The highest BCUT2D eigenvalue weighted by Crippen LogP contribution is 2.19. The van der Waals surface area contributed by atoms with E-state index in [0.717, 1.165) is 22.3 Å². The maximum Gasteiger partial charge on any atom is 0.137 e. The predicted octanol–water partition coefficient (Wildman–Crippen LogP) is 1.51. The van der Waals surface area contributed by atoms with Crippen molar-refractivity contribution in [1.29, 1.82) is 0 Å². The Hall–Kier alpha value is -2.47. The minimum absolute atomic E-state index is 0.368. The molecule has 0 aliphatic carbocycles. The number of aromatic nitrogens is 4. The number of para-hydroxylation sites is 1. The van der Waals surface area contributed by atoms with Crippen molar-refractivity contribution in [2.75, 3.05) is 11.9 Å². The number of aliphatic hydroxyl groups excluding tert-OH is 1. The third kappa shape index (κ3) is 2.46. The van der Waals surface area contributed by atoms with E-state index >= 15 is 0 Å². The maximum absolute atomic E-state index is 10.1. The molecule has 0 aliphatic heterocycles. The lowest BCUT2D eigenvalue weighted by molar-refractivity contribution is 0.191. The van der Waals surface area contributed by atoms with Crippen molar-refractivity contribution in [1.82, 2.24) is 19.7 Å². The van der Waals surface area contributed by atoms with Crippen LogP contribution >= 0.6 is 0 Å². The van der Waals surface area contributed by atoms with Crippen LogP contribution in [0.25, 0.3) is 10.9 Å². The van der Waals surface area contributed by atoms with Gasteiger partial charge in [-0.15, -0.1) is 0 Å². The van der Waals surface area contributed by atoms with Gasteiger partial charge in [0, 0.05) is 30.7 Å². The van der Waals surface area contributed by atoms with Gasteiger partial charge in [0.25, 0.3) is 0 Å². The van der Waals surface area contributed by atoms with E-state index in [2.05, 4.69) is 20.4 Å². The molecule has 6 heteroatoms. The van der Waals surface area contributed by atoms with Crippen LogP contribution in [0.3, 0.4) is 0 Å². The van der Waals surface area contributed by atoms with Gasteiger partial charge in [-0.3, -0.25) is 4.68 Å². The lowest BCUT2D eigenvalue weighted by Gasteiger charge is -2.11. The molecule has 0 aliphatic rings. The Kier molecular flexibility index (Phi) is 3.30. The summed E-state index contributed by atoms with van der Waals surface area (Å²) in [4.78, 5) is 8.43. The molecule has 1 aromatic carbocycles. The number of hydrogen-bond donors (Lipinski definition) is 2. The Morgan fingerprint density at radius 2 is 2.15 bits per heavy atom. The Bertz CT molecular complexity index is 719. The van der Waals surface area contributed by atoms with Gasteiger partial charge in [0.15, 0.2) is 0 Å². The fourth-order valence-electron chi connectivity index (χ4n) is 2.07. The monoisotopic (exact) mass is 269 g/mol. The standard InChI is InChI=1S/C14H15N5O/c1-19-8-10(6-18-19)13(20)7-15-14-11-4-2-3-5-12(11)16-9-17-14/h2-6,8-9,13,20H,7H2,1H3,(H,15,16,17). The highest BCUT2D eigenvalue weighted by Gasteiger charge is 2.10. The van der Waals surface area contributed by atoms with E-state index in [-0.39, 0.29) is 0 Å². The van der Waals surface area contributed by atoms with E-state index in [0.29, 0.717) is 6.54 Å². The zero-order valence-electron chi connectivity index (χ0n) is 11.1. The van der Waals surface area contributed by atoms with Crippen LogP contribution in [0.1, 0.15) is 11.7 Å². The van der Waals surface area contributed by atoms with Crippen molar-refractivity contribution in [2.24, 2.45) is 7.05 Å². The van der Waals surface area contributed by atoms with Gasteiger partial charge in [0.1, 0.15) is 12.1 Å². The van der Waals surface area contributed by atoms with Crippen LogP contribution in [0.15, 0.2) is 43.0 Å². The van der Waals surface area contributed by atoms with Crippen molar-refractivity contribution in [3.05, 3.63) is 48.5 Å². The Morgan fingerprint density at radius 3 is 2.95 bits per heavy atom. The highest BCUT2D eigenvalue weighted by molar-refractivity contribution is 5.88. The summed E-state index contributed by atoms with van der Waals surface area (Å²) in [5, 5.41) is 18.2. The quantitative estimate of drug-likeness (QED) is 0.751. The minimum atomic E-state index is -0.627. The first-order valence-corrected chi connectivity index (χ1v) is 6.34. The van der Waals surface area contributed by atoms with Crippen LogP contribution in [0.4, 0.5) is 5.82 Å². The van der Waals surface area contributed by atoms with Gasteiger partial charge in [-0.05, 0) is 12.1 Å². The average Bonchev–Trinajstić information content (AvgIpc) is 2.91. The number of nitrogens with one attached hydrogen (secondary N) is 1. The molecular weight excluding hydrogens is 254 g/mol. The molecule has 0 saturated carbocycles. The van der Waals surface area contributed by atoms with Gasteiger partial charge in [-0.25, -0.2) is 9.97 Å². The molecule has 1 unspecified atom stereocenters. The number of fused-ring (bicyclic) bond motifs is 1. The van der Waals surface area contributed by atoms with Gasteiger partial charge in [0.2, 0.25) is 0 Å². The van der Waals surface area contributed by atoms with Gasteiger partial charge < -0.3 is 10.4 Å². The summed E-state index contributed by atoms with van der Waals surface area (Å²) in [6.45, 7) is 0.368. The second-order valence-corrected chi connectivity index (χ2v) is 4.58. The van der Waals surface area contributed by atoms with Crippen LogP contribution in [-0.2, 0) is 7.05 Å². The van der Waals surface area contributed by atoms with Crippen molar-refractivity contribution in [3.8, 4) is 0 Å². The fourth-order valence-corrected chi connectivity index (χ4v) is 2.07. The van der Waals surface area contributed by atoms with E-state index in [1.54, 1.807) is 17.1 Å². The predicted molar refractivity (Wildman–Crippen MR) is 76.2 cm³/mol. The Morgan fingerprint density at radius 1 is 1.30 bits per heavy atom. The molecular formula is C14H15N5O. The van der Waals surface area contributed by atoms with Crippen LogP contribution < -0.4 is 5.32 Å². The normalized spacial score (nSPS) is 12.5. The van der Waals surface area contributed by atoms with Crippen LogP contribution in [0.5, 0.6) is 0 Å². The zero-order valence-corrected chi connectivity index (χ0v) is 11.1. The zero-order chi connectivity index (χ0) is 13.9. The highest BCUT2D eigenvalue weighted by atomic mass is 16.3. The van der Waals surface area contributed by atoms with Gasteiger partial charge in [-0.2, -0.15) is 5.10 Å². The Labute approximate surface area is 116 Å². The SMILES string of the molecule is Cn1cc(C(O)CNc2ncnc3ccccc23)cn1. The number of rotatable bonds is 4. The van der Waals surface area contributed by atoms with E-state index < -0.39 is 6.10 Å². The van der Waals surface area contributed by atoms with Gasteiger partial charge >= 0.3 is 0 Å². The van der Waals surface area contributed by atoms with Crippen molar-refractivity contribution < 1.29 is 5.11 Å². The molecule has 20 heavy (non-hydrogen) atoms. The number of anilines is 1. The van der Waals surface area contributed by atoms with Crippen molar-refractivity contribution in [2.45, 2.75) is 6.10 Å². The molecule has 0 saturated heterocycles. The summed E-state index contributed by atoms with van der Waals surface area (Å²) < 4.78 is 1.67. The molecule has 2 aromatic heterocycles. The molecule has 1 atom stereocenters.